The van der Waals surface area contributed by atoms with E-state index in [1.807, 2.05) is 0 Å². The van der Waals surface area contributed by atoms with E-state index >= 15 is 0 Å². The zero-order chi connectivity index (χ0) is 60.4. The molecule has 0 saturated heterocycles. The first-order chi connectivity index (χ1) is 38.3. The maximum atomic E-state index is 13.7. The second-order valence-corrected chi connectivity index (χ2v) is 18.8. The van der Waals surface area contributed by atoms with Crippen LogP contribution >= 0.6 is 0 Å². The smallest absolute Gasteiger partial charge is 0.326 e. The first kappa shape index (κ1) is 68.4. The highest BCUT2D eigenvalue weighted by atomic mass is 16.5. The van der Waals surface area contributed by atoms with Gasteiger partial charge in [0.05, 0.1) is 18.5 Å². The Bertz CT molecular complexity index is 2460. The molecular formula is C52H72N8O21. The molecule has 0 aliphatic rings. The van der Waals surface area contributed by atoms with E-state index in [1.165, 1.54) is 24.3 Å². The quantitative estimate of drug-likeness (QED) is 0.0372. The average Bonchev–Trinajstić information content (AvgIpc) is 3.39. The van der Waals surface area contributed by atoms with Crippen LogP contribution in [0.1, 0.15) is 95.1 Å². The number of rotatable bonds is 43. The van der Waals surface area contributed by atoms with Gasteiger partial charge >= 0.3 is 47.8 Å². The van der Waals surface area contributed by atoms with Crippen LogP contribution in [0, 0.1) is 5.92 Å². The summed E-state index contributed by atoms with van der Waals surface area (Å²) in [6, 6.07) is 6.38. The van der Waals surface area contributed by atoms with Gasteiger partial charge in [-0.05, 0) is 81.5 Å². The summed E-state index contributed by atoms with van der Waals surface area (Å²) < 4.78 is 5.63. The van der Waals surface area contributed by atoms with Crippen molar-refractivity contribution in [1.29, 1.82) is 0 Å². The Morgan fingerprint density at radius 3 is 1.65 bits per heavy atom. The Morgan fingerprint density at radius 2 is 1.06 bits per heavy atom. The Kier molecular flexibility index (Phi) is 31.4. The SMILES string of the molecule is C[C@H](CCC(=O)O)NC(=O)N[C@@H](CCCCNC(=O)[C@H](Cc1ccccc1)NC(=O)COc1ccc(C[C@H](CC(=O)[C@H](CCC(=O)O)NC(=O)[C@H](CCC(=O)O)NC(=O)CCC(NCCNCC(=O)O)C(=O)O)C(=O)O)cc1)C(=O)O. The minimum absolute atomic E-state index is 0.0121. The number of hydrogen-bond acceptors (Lipinski definition) is 16. The van der Waals surface area contributed by atoms with Gasteiger partial charge in [-0.1, -0.05) is 42.5 Å². The van der Waals surface area contributed by atoms with Crippen molar-refractivity contribution in [2.45, 2.75) is 133 Å². The monoisotopic (exact) mass is 1140 g/mol. The van der Waals surface area contributed by atoms with E-state index in [2.05, 4.69) is 42.5 Å². The van der Waals surface area contributed by atoms with Gasteiger partial charge in [-0.15, -0.1) is 0 Å². The Balaban J connectivity index is 2.05. The highest BCUT2D eigenvalue weighted by Gasteiger charge is 2.32. The summed E-state index contributed by atoms with van der Waals surface area (Å²) in [4.78, 5) is 159. The zero-order valence-electron chi connectivity index (χ0n) is 44.5. The number of Topliss-reactive ketones (excluding diaryl/α,β-unsaturated/α-hetero) is 1. The predicted octanol–water partition coefficient (Wildman–Crippen LogP) is -0.516. The van der Waals surface area contributed by atoms with Crippen LogP contribution in [0.2, 0.25) is 0 Å². The van der Waals surface area contributed by atoms with Crippen molar-refractivity contribution in [3.63, 3.8) is 0 Å². The van der Waals surface area contributed by atoms with E-state index in [0.717, 1.165) is 0 Å². The lowest BCUT2D eigenvalue weighted by Gasteiger charge is -2.24. The minimum atomic E-state index is -1.61. The Hall–Kier alpha value is -8.73. The van der Waals surface area contributed by atoms with E-state index in [9.17, 15) is 87.9 Å². The first-order valence-electron chi connectivity index (χ1n) is 25.8. The number of unbranched alkanes of at least 4 members (excludes halogenated alkanes) is 1. The number of carboxylic acids is 7. The third kappa shape index (κ3) is 30.3. The summed E-state index contributed by atoms with van der Waals surface area (Å²) in [5.41, 5.74) is 1.09. The Morgan fingerprint density at radius 1 is 0.481 bits per heavy atom. The van der Waals surface area contributed by atoms with Crippen LogP contribution in [0.25, 0.3) is 0 Å². The third-order valence-electron chi connectivity index (χ3n) is 12.1. The van der Waals surface area contributed by atoms with Crippen LogP contribution in [0.3, 0.4) is 0 Å². The number of ketones is 1. The lowest BCUT2D eigenvalue weighted by Crippen LogP contribution is -2.52. The van der Waals surface area contributed by atoms with Crippen molar-refractivity contribution in [2.24, 2.45) is 5.92 Å². The molecule has 0 heterocycles. The summed E-state index contributed by atoms with van der Waals surface area (Å²) in [6.45, 7) is 0.812. The molecule has 2 aromatic carbocycles. The summed E-state index contributed by atoms with van der Waals surface area (Å²) in [5.74, 6) is -14.4. The second-order valence-electron chi connectivity index (χ2n) is 18.8. The molecule has 15 N–H and O–H groups in total. The molecule has 0 aliphatic carbocycles. The standard InChI is InChI=1S/C52H72N8O21/c1-30(10-19-43(64)65)56-52(80)60-38(51(78)79)9-5-6-22-55-47(72)39(26-31-7-3-2-4-8-31)58-42(63)29-81-34-13-11-32(12-14-34)25-33(49(74)75)27-40(61)35(16-20-44(66)67)59-48(73)36(17-21-45(68)69)57-41(62)18-15-37(50(76)77)54-24-23-53-28-46(70)71/h2-4,7-8,11-14,30,33,35-39,53-54H,5-6,9-10,15-29H2,1H3,(H,55,72)(H,57,62)(H,58,63)(H,59,73)(H,64,65)(H,66,67)(H,68,69)(H,70,71)(H,74,75)(H,76,77)(H,78,79)(H2,56,60,80)/t30-,33-,35+,36+,37?,38+,39+/m1/s1. The van der Waals surface area contributed by atoms with E-state index in [-0.39, 0.29) is 76.9 Å². The maximum Gasteiger partial charge on any atom is 0.326 e. The van der Waals surface area contributed by atoms with Crippen molar-refractivity contribution in [3.05, 3.63) is 65.7 Å². The number of ether oxygens (including phenoxy) is 1. The predicted molar refractivity (Wildman–Crippen MR) is 282 cm³/mol. The number of carboxylic acid groups (broad SMARTS) is 7. The normalized spacial score (nSPS) is 13.4. The maximum absolute atomic E-state index is 13.7. The molecule has 2 rings (SSSR count). The van der Waals surface area contributed by atoms with Gasteiger partial charge in [-0.25, -0.2) is 9.59 Å². The summed E-state index contributed by atoms with van der Waals surface area (Å²) in [7, 11) is 0. The number of urea groups is 1. The minimum Gasteiger partial charge on any atom is -0.484 e. The van der Waals surface area contributed by atoms with Crippen LogP contribution in [-0.4, -0.2) is 182 Å². The Labute approximate surface area is 464 Å². The third-order valence-corrected chi connectivity index (χ3v) is 12.1. The number of hydrogen-bond donors (Lipinski definition) is 15. The number of carbonyl (C=O) groups is 13. The molecule has 2 aromatic rings. The van der Waals surface area contributed by atoms with Crippen molar-refractivity contribution >= 4 is 77.2 Å². The molecule has 0 aromatic heterocycles. The molecule has 81 heavy (non-hydrogen) atoms. The van der Waals surface area contributed by atoms with Crippen LogP contribution in [-0.2, 0) is 70.4 Å². The van der Waals surface area contributed by atoms with Crippen molar-refractivity contribution < 1.29 is 103 Å². The molecule has 29 heteroatoms. The molecule has 0 saturated carbocycles. The fraction of sp³-hybridized carbons (Fsp3) is 0.519. The van der Waals surface area contributed by atoms with Gasteiger partial charge < -0.3 is 83.0 Å². The summed E-state index contributed by atoms with van der Waals surface area (Å²) in [5, 5.41) is 85.6. The van der Waals surface area contributed by atoms with Gasteiger partial charge in [-0.2, -0.15) is 0 Å². The van der Waals surface area contributed by atoms with E-state index in [1.54, 1.807) is 37.3 Å². The number of amides is 6. The lowest BCUT2D eigenvalue weighted by atomic mass is 9.91. The molecule has 1 unspecified atom stereocenters. The number of benzene rings is 2. The fourth-order valence-corrected chi connectivity index (χ4v) is 7.76. The highest BCUT2D eigenvalue weighted by molar-refractivity contribution is 5.95. The van der Waals surface area contributed by atoms with Crippen LogP contribution < -0.4 is 47.3 Å². The van der Waals surface area contributed by atoms with Crippen molar-refractivity contribution in [3.8, 4) is 5.75 Å². The lowest BCUT2D eigenvalue weighted by molar-refractivity contribution is -0.144. The number of aliphatic carboxylic acids is 7. The van der Waals surface area contributed by atoms with Gasteiger partial charge in [0.2, 0.25) is 17.7 Å². The molecule has 7 atom stereocenters. The number of nitrogens with one attached hydrogen (secondary N) is 8. The second kappa shape index (κ2) is 37.2. The van der Waals surface area contributed by atoms with Crippen molar-refractivity contribution in [2.75, 3.05) is 32.8 Å². The molecular weight excluding hydrogens is 1070 g/mol. The van der Waals surface area contributed by atoms with E-state index in [4.69, 9.17) is 14.9 Å². The molecule has 29 nitrogen and oxygen atoms in total. The topological polar surface area (TPSA) is 469 Å². The van der Waals surface area contributed by atoms with E-state index < -0.39 is 165 Å². The molecule has 0 aliphatic heterocycles. The number of carbonyl (C=O) groups excluding carboxylic acids is 6. The zero-order valence-corrected chi connectivity index (χ0v) is 44.5. The molecule has 0 radical (unpaired) electrons. The molecule has 0 fully saturated rings. The summed E-state index contributed by atoms with van der Waals surface area (Å²) in [6.07, 6.45) is -3.50. The van der Waals surface area contributed by atoms with Gasteiger partial charge in [-0.3, -0.25) is 52.7 Å². The molecule has 0 spiro atoms. The summed E-state index contributed by atoms with van der Waals surface area (Å²) >= 11 is 0. The average molecular weight is 1150 g/mol. The highest BCUT2D eigenvalue weighted by Crippen LogP contribution is 2.20. The molecule has 6 amide bonds. The largest absolute Gasteiger partial charge is 0.484 e. The van der Waals surface area contributed by atoms with Crippen LogP contribution in [0.15, 0.2) is 54.6 Å². The van der Waals surface area contributed by atoms with Crippen LogP contribution in [0.5, 0.6) is 5.75 Å². The van der Waals surface area contributed by atoms with Gasteiger partial charge in [0.15, 0.2) is 12.4 Å². The van der Waals surface area contributed by atoms with Crippen molar-refractivity contribution in [1.82, 2.24) is 42.5 Å². The fourth-order valence-electron chi connectivity index (χ4n) is 7.76. The van der Waals surface area contributed by atoms with Gasteiger partial charge in [0.25, 0.3) is 5.91 Å². The van der Waals surface area contributed by atoms with Gasteiger partial charge in [0, 0.05) is 64.2 Å². The van der Waals surface area contributed by atoms with Crippen LogP contribution in [0.4, 0.5) is 4.79 Å². The van der Waals surface area contributed by atoms with Gasteiger partial charge in [0.1, 0.15) is 29.9 Å². The van der Waals surface area contributed by atoms with E-state index in [0.29, 0.717) is 17.5 Å². The molecule has 0 bridgehead atoms. The first-order valence-corrected chi connectivity index (χ1v) is 25.8. The molecule has 446 valence electrons.